The summed E-state index contributed by atoms with van der Waals surface area (Å²) in [4.78, 5) is 0. The molecule has 0 aromatic carbocycles. The Kier molecular flexibility index (Phi) is 2.10. The zero-order chi connectivity index (χ0) is 5.82. The lowest BCUT2D eigenvalue weighted by Gasteiger charge is -2.03. The highest BCUT2D eigenvalue weighted by Gasteiger charge is 2.07. The average molecular weight is 111 g/mol. The van der Waals surface area contributed by atoms with Crippen molar-refractivity contribution in [2.24, 2.45) is 11.7 Å². The first kappa shape index (κ1) is 5.83. The molecular weight excluding hydrogens is 98.1 g/mol. The zero-order valence-electron chi connectivity index (χ0n) is 5.14. The Morgan fingerprint density at radius 2 is 2.00 bits per heavy atom. The fourth-order valence-electron chi connectivity index (χ4n) is 1.14. The van der Waals surface area contributed by atoms with Crippen molar-refractivity contribution >= 4 is 0 Å². The number of rotatable bonds is 2. The van der Waals surface area contributed by atoms with Crippen LogP contribution in [0.2, 0.25) is 0 Å². The monoisotopic (exact) mass is 111 g/mol. The molecule has 1 aliphatic rings. The summed E-state index contributed by atoms with van der Waals surface area (Å²) in [7, 11) is 0. The Balaban J connectivity index is 2.10. The summed E-state index contributed by atoms with van der Waals surface area (Å²) in [6, 6.07) is 0. The van der Waals surface area contributed by atoms with Crippen LogP contribution in [-0.2, 0) is 0 Å². The van der Waals surface area contributed by atoms with Gasteiger partial charge in [-0.2, -0.15) is 0 Å². The van der Waals surface area contributed by atoms with Crippen LogP contribution < -0.4 is 5.73 Å². The van der Waals surface area contributed by atoms with E-state index >= 15 is 0 Å². The highest BCUT2D eigenvalue weighted by atomic mass is 14.5. The Morgan fingerprint density at radius 3 is 2.50 bits per heavy atom. The lowest BCUT2D eigenvalue weighted by Crippen LogP contribution is -2.05. The normalized spacial score (nSPS) is 20.1. The van der Waals surface area contributed by atoms with Crippen molar-refractivity contribution in [2.45, 2.75) is 19.3 Å². The van der Waals surface area contributed by atoms with E-state index in [9.17, 15) is 0 Å². The number of allylic oxidation sites excluding steroid dienone is 2. The van der Waals surface area contributed by atoms with Gasteiger partial charge >= 0.3 is 0 Å². The molecule has 2 N–H and O–H groups in total. The van der Waals surface area contributed by atoms with E-state index in [0.29, 0.717) is 0 Å². The molecule has 0 heterocycles. The predicted molar refractivity (Wildman–Crippen MR) is 35.5 cm³/mol. The quantitative estimate of drug-likeness (QED) is 0.534. The number of hydrogen-bond acceptors (Lipinski definition) is 1. The van der Waals surface area contributed by atoms with Gasteiger partial charge in [-0.3, -0.25) is 0 Å². The standard InChI is InChI=1S/C7H13N/c8-6-5-7-3-1-2-4-7/h1-2,7H,3-6,8H2. The van der Waals surface area contributed by atoms with Gasteiger partial charge in [0.1, 0.15) is 0 Å². The van der Waals surface area contributed by atoms with Crippen molar-refractivity contribution in [1.29, 1.82) is 0 Å². The minimum absolute atomic E-state index is 0.854. The van der Waals surface area contributed by atoms with Gasteiger partial charge in [0.2, 0.25) is 0 Å². The van der Waals surface area contributed by atoms with E-state index in [-0.39, 0.29) is 0 Å². The minimum Gasteiger partial charge on any atom is -0.330 e. The molecule has 0 spiro atoms. The minimum atomic E-state index is 0.854. The van der Waals surface area contributed by atoms with Crippen molar-refractivity contribution in [3.05, 3.63) is 12.2 Å². The van der Waals surface area contributed by atoms with Gasteiger partial charge in [0.25, 0.3) is 0 Å². The molecular formula is C7H13N. The summed E-state index contributed by atoms with van der Waals surface area (Å²) in [6.07, 6.45) is 8.22. The first-order valence-corrected chi connectivity index (χ1v) is 3.28. The first-order chi connectivity index (χ1) is 3.93. The van der Waals surface area contributed by atoms with Crippen LogP contribution in [0.3, 0.4) is 0 Å². The summed E-state index contributed by atoms with van der Waals surface area (Å²) in [5, 5.41) is 0. The van der Waals surface area contributed by atoms with Crippen LogP contribution in [0.25, 0.3) is 0 Å². The second kappa shape index (κ2) is 2.88. The summed E-state index contributed by atoms with van der Waals surface area (Å²) >= 11 is 0. The second-order valence-corrected chi connectivity index (χ2v) is 2.39. The molecule has 0 aliphatic heterocycles. The smallest absolute Gasteiger partial charge is 0.00744 e. The summed E-state index contributed by atoms with van der Waals surface area (Å²) in [5.41, 5.74) is 5.38. The Labute approximate surface area is 50.6 Å². The van der Waals surface area contributed by atoms with Crippen LogP contribution in [0.4, 0.5) is 0 Å². The van der Waals surface area contributed by atoms with Gasteiger partial charge < -0.3 is 5.73 Å². The van der Waals surface area contributed by atoms with E-state index in [1.165, 1.54) is 19.3 Å². The van der Waals surface area contributed by atoms with Crippen LogP contribution >= 0.6 is 0 Å². The molecule has 0 aromatic rings. The van der Waals surface area contributed by atoms with Crippen molar-refractivity contribution in [1.82, 2.24) is 0 Å². The molecule has 1 nitrogen and oxygen atoms in total. The van der Waals surface area contributed by atoms with Gasteiger partial charge in [0.15, 0.2) is 0 Å². The zero-order valence-corrected chi connectivity index (χ0v) is 5.14. The number of hydrogen-bond donors (Lipinski definition) is 1. The molecule has 0 saturated carbocycles. The van der Waals surface area contributed by atoms with E-state index in [1.54, 1.807) is 0 Å². The molecule has 0 unspecified atom stereocenters. The van der Waals surface area contributed by atoms with Crippen molar-refractivity contribution in [3.63, 3.8) is 0 Å². The van der Waals surface area contributed by atoms with Crippen molar-refractivity contribution in [2.75, 3.05) is 6.54 Å². The molecule has 46 valence electrons. The first-order valence-electron chi connectivity index (χ1n) is 3.28. The molecule has 0 saturated heterocycles. The molecule has 1 heteroatoms. The third kappa shape index (κ3) is 1.34. The fraction of sp³-hybridized carbons (Fsp3) is 0.714. The molecule has 1 aliphatic carbocycles. The van der Waals surface area contributed by atoms with Gasteiger partial charge in [0.05, 0.1) is 0 Å². The lowest BCUT2D eigenvalue weighted by molar-refractivity contribution is 0.529. The largest absolute Gasteiger partial charge is 0.330 e. The molecule has 0 atom stereocenters. The van der Waals surface area contributed by atoms with Gasteiger partial charge in [-0.05, 0) is 31.7 Å². The van der Waals surface area contributed by atoms with Crippen molar-refractivity contribution in [3.8, 4) is 0 Å². The maximum absolute atomic E-state index is 5.38. The van der Waals surface area contributed by atoms with E-state index in [4.69, 9.17) is 5.73 Å². The molecule has 0 bridgehead atoms. The summed E-state index contributed by atoms with van der Waals surface area (Å²) in [6.45, 7) is 0.854. The number of nitrogens with two attached hydrogens (primary N) is 1. The highest BCUT2D eigenvalue weighted by molar-refractivity contribution is 4.93. The van der Waals surface area contributed by atoms with E-state index in [1.807, 2.05) is 0 Å². The van der Waals surface area contributed by atoms with Gasteiger partial charge in [-0.15, -0.1) is 0 Å². The Bertz CT molecular complexity index is 78.4. The van der Waals surface area contributed by atoms with Crippen molar-refractivity contribution < 1.29 is 0 Å². The van der Waals surface area contributed by atoms with Crippen LogP contribution in [0.1, 0.15) is 19.3 Å². The molecule has 0 amide bonds. The van der Waals surface area contributed by atoms with E-state index in [2.05, 4.69) is 12.2 Å². The lowest BCUT2D eigenvalue weighted by atomic mass is 10.0. The Hall–Kier alpha value is -0.300. The fourth-order valence-corrected chi connectivity index (χ4v) is 1.14. The summed E-state index contributed by atoms with van der Waals surface area (Å²) in [5.74, 6) is 0.875. The molecule has 0 radical (unpaired) electrons. The SMILES string of the molecule is NCCC1CC=CC1. The van der Waals surface area contributed by atoms with Gasteiger partial charge in [0, 0.05) is 0 Å². The van der Waals surface area contributed by atoms with Crippen LogP contribution in [-0.4, -0.2) is 6.54 Å². The van der Waals surface area contributed by atoms with Crippen LogP contribution in [0, 0.1) is 5.92 Å². The third-order valence-electron chi connectivity index (χ3n) is 1.68. The maximum atomic E-state index is 5.38. The topological polar surface area (TPSA) is 26.0 Å². The predicted octanol–water partition coefficient (Wildman–Crippen LogP) is 1.30. The molecule has 1 rings (SSSR count). The van der Waals surface area contributed by atoms with Crippen LogP contribution in [0.5, 0.6) is 0 Å². The van der Waals surface area contributed by atoms with Gasteiger partial charge in [-0.1, -0.05) is 12.2 Å². The average Bonchev–Trinajstić information content (AvgIpc) is 2.19. The third-order valence-corrected chi connectivity index (χ3v) is 1.68. The highest BCUT2D eigenvalue weighted by Crippen LogP contribution is 2.19. The van der Waals surface area contributed by atoms with E-state index in [0.717, 1.165) is 12.5 Å². The van der Waals surface area contributed by atoms with Gasteiger partial charge in [-0.25, -0.2) is 0 Å². The summed E-state index contributed by atoms with van der Waals surface area (Å²) < 4.78 is 0. The second-order valence-electron chi connectivity index (χ2n) is 2.39. The maximum Gasteiger partial charge on any atom is -0.00744 e. The van der Waals surface area contributed by atoms with Crippen LogP contribution in [0.15, 0.2) is 12.2 Å². The molecule has 8 heavy (non-hydrogen) atoms. The molecule has 0 aromatic heterocycles. The van der Waals surface area contributed by atoms with E-state index < -0.39 is 0 Å². The molecule has 0 fully saturated rings. The Morgan fingerprint density at radius 1 is 1.38 bits per heavy atom.